The number of aliphatic carboxylic acids is 1. The number of rotatable bonds is 8. The predicted molar refractivity (Wildman–Crippen MR) is 85.0 cm³/mol. The Labute approximate surface area is 145 Å². The Bertz CT molecular complexity index is 692. The molecule has 0 saturated carbocycles. The maximum absolute atomic E-state index is 12.3. The zero-order valence-corrected chi connectivity index (χ0v) is 14.6. The number of hydrogen-bond acceptors (Lipinski definition) is 7. The molecule has 2 heterocycles. The second-order valence-corrected chi connectivity index (χ2v) is 7.67. The highest BCUT2D eigenvalue weighted by Crippen LogP contribution is 2.11. The van der Waals surface area contributed by atoms with E-state index in [1.807, 2.05) is 0 Å². The molecule has 2 rings (SSSR count). The predicted octanol–water partition coefficient (Wildman–Crippen LogP) is -1.76. The average molecular weight is 375 g/mol. The van der Waals surface area contributed by atoms with Crippen molar-refractivity contribution in [2.45, 2.75) is 19.1 Å². The number of carbonyl (C=O) groups excluding carboxylic acids is 1. The van der Waals surface area contributed by atoms with Gasteiger partial charge in [-0.3, -0.25) is 14.3 Å². The number of ether oxygens (including phenoxy) is 1. The number of carboxylic acids is 1. The van der Waals surface area contributed by atoms with Gasteiger partial charge in [-0.2, -0.15) is 9.40 Å². The van der Waals surface area contributed by atoms with Gasteiger partial charge in [-0.15, -0.1) is 0 Å². The van der Waals surface area contributed by atoms with Crippen molar-refractivity contribution in [3.8, 4) is 0 Å². The summed E-state index contributed by atoms with van der Waals surface area (Å²) < 4.78 is 31.3. The van der Waals surface area contributed by atoms with Crippen molar-refractivity contribution >= 4 is 21.9 Å². The molecule has 0 bridgehead atoms. The third-order valence-electron chi connectivity index (χ3n) is 3.70. The van der Waals surface area contributed by atoms with E-state index in [1.165, 1.54) is 12.7 Å². The molecular weight excluding hydrogens is 354 g/mol. The van der Waals surface area contributed by atoms with Crippen LogP contribution in [0.1, 0.15) is 6.42 Å². The standard InChI is InChI=1S/C13H21N5O6S/c1-25(22,23)18(8-13(20)21)7-11-6-16(4-5-24-11)12(19)2-3-17-10-14-9-15-17/h9-11H,2-8H2,1H3,(H,20,21). The molecule has 11 nitrogen and oxygen atoms in total. The SMILES string of the molecule is CS(=O)(=O)N(CC(=O)O)CC1CN(C(=O)CCn2cncn2)CCO1. The molecule has 1 aromatic heterocycles. The Hall–Kier alpha value is -2.05. The minimum absolute atomic E-state index is 0.104. The molecule has 1 unspecified atom stereocenters. The number of nitrogens with zero attached hydrogens (tertiary/aromatic N) is 5. The smallest absolute Gasteiger partial charge is 0.318 e. The summed E-state index contributed by atoms with van der Waals surface area (Å²) in [5, 5.41) is 12.8. The largest absolute Gasteiger partial charge is 0.480 e. The number of aromatic nitrogens is 3. The van der Waals surface area contributed by atoms with Gasteiger partial charge in [0, 0.05) is 26.1 Å². The Morgan fingerprint density at radius 3 is 2.80 bits per heavy atom. The van der Waals surface area contributed by atoms with Crippen LogP contribution in [0.3, 0.4) is 0 Å². The van der Waals surface area contributed by atoms with E-state index in [1.54, 1.807) is 9.58 Å². The first kappa shape index (κ1) is 19.3. The summed E-state index contributed by atoms with van der Waals surface area (Å²) in [6.07, 6.45) is 3.52. The molecule has 0 radical (unpaired) electrons. The maximum Gasteiger partial charge on any atom is 0.318 e. The molecule has 1 saturated heterocycles. The van der Waals surface area contributed by atoms with Crippen molar-refractivity contribution in [3.63, 3.8) is 0 Å². The van der Waals surface area contributed by atoms with Crippen LogP contribution in [0, 0.1) is 0 Å². The van der Waals surface area contributed by atoms with Gasteiger partial charge in [-0.05, 0) is 0 Å². The van der Waals surface area contributed by atoms with Crippen LogP contribution in [-0.2, 0) is 30.9 Å². The lowest BCUT2D eigenvalue weighted by atomic mass is 10.2. The van der Waals surface area contributed by atoms with E-state index in [0.717, 1.165) is 10.6 Å². The Balaban J connectivity index is 1.90. The highest BCUT2D eigenvalue weighted by molar-refractivity contribution is 7.88. The van der Waals surface area contributed by atoms with Gasteiger partial charge in [0.05, 0.1) is 25.5 Å². The molecule has 12 heteroatoms. The second-order valence-electron chi connectivity index (χ2n) is 5.69. The third kappa shape index (κ3) is 6.07. The Morgan fingerprint density at radius 2 is 2.20 bits per heavy atom. The average Bonchev–Trinajstić information content (AvgIpc) is 3.04. The topological polar surface area (TPSA) is 135 Å². The molecule has 1 amide bonds. The van der Waals surface area contributed by atoms with Crippen molar-refractivity contribution in [1.82, 2.24) is 24.0 Å². The first-order chi connectivity index (χ1) is 11.8. The van der Waals surface area contributed by atoms with E-state index in [4.69, 9.17) is 9.84 Å². The van der Waals surface area contributed by atoms with Crippen LogP contribution in [0.5, 0.6) is 0 Å². The zero-order chi connectivity index (χ0) is 18.4. The van der Waals surface area contributed by atoms with Crippen LogP contribution in [0.15, 0.2) is 12.7 Å². The molecule has 0 aromatic carbocycles. The summed E-state index contributed by atoms with van der Waals surface area (Å²) in [7, 11) is -3.69. The highest BCUT2D eigenvalue weighted by Gasteiger charge is 2.29. The summed E-state index contributed by atoms with van der Waals surface area (Å²) in [6.45, 7) is 0.531. The van der Waals surface area contributed by atoms with Crippen LogP contribution in [-0.4, -0.2) is 94.5 Å². The molecule has 140 valence electrons. The molecule has 1 N–H and O–H groups in total. The minimum Gasteiger partial charge on any atom is -0.480 e. The normalized spacial score (nSPS) is 18.5. The Kier molecular flexibility index (Phi) is 6.45. The van der Waals surface area contributed by atoms with Gasteiger partial charge in [0.25, 0.3) is 0 Å². The molecular formula is C13H21N5O6S. The molecule has 0 spiro atoms. The molecule has 0 aliphatic carbocycles. The van der Waals surface area contributed by atoms with E-state index < -0.39 is 28.6 Å². The third-order valence-corrected chi connectivity index (χ3v) is 4.92. The lowest BCUT2D eigenvalue weighted by molar-refractivity contribution is -0.141. The first-order valence-corrected chi connectivity index (χ1v) is 9.49. The van der Waals surface area contributed by atoms with Gasteiger partial charge in [0.15, 0.2) is 0 Å². The molecule has 1 aromatic rings. The number of morpholine rings is 1. The van der Waals surface area contributed by atoms with Crippen molar-refractivity contribution < 1.29 is 27.9 Å². The Morgan fingerprint density at radius 1 is 1.44 bits per heavy atom. The second kappa shape index (κ2) is 8.36. The van der Waals surface area contributed by atoms with Crippen molar-refractivity contribution in [3.05, 3.63) is 12.7 Å². The van der Waals surface area contributed by atoms with E-state index in [2.05, 4.69) is 10.1 Å². The molecule has 1 aliphatic rings. The van der Waals surface area contributed by atoms with Gasteiger partial charge in [0.1, 0.15) is 19.2 Å². The van der Waals surface area contributed by atoms with Crippen LogP contribution < -0.4 is 0 Å². The van der Waals surface area contributed by atoms with Gasteiger partial charge in [-0.1, -0.05) is 0 Å². The van der Waals surface area contributed by atoms with Gasteiger partial charge < -0.3 is 14.7 Å². The fourth-order valence-electron chi connectivity index (χ4n) is 2.47. The number of hydrogen-bond donors (Lipinski definition) is 1. The van der Waals surface area contributed by atoms with E-state index in [0.29, 0.717) is 13.1 Å². The highest BCUT2D eigenvalue weighted by atomic mass is 32.2. The molecule has 25 heavy (non-hydrogen) atoms. The van der Waals surface area contributed by atoms with Gasteiger partial charge >= 0.3 is 5.97 Å². The number of sulfonamides is 1. The van der Waals surface area contributed by atoms with E-state index in [-0.39, 0.29) is 32.0 Å². The summed E-state index contributed by atoms with van der Waals surface area (Å²) in [6, 6.07) is 0. The van der Waals surface area contributed by atoms with E-state index >= 15 is 0 Å². The van der Waals surface area contributed by atoms with Crippen LogP contribution in [0.25, 0.3) is 0 Å². The quantitative estimate of drug-likeness (QED) is 0.565. The lowest BCUT2D eigenvalue weighted by Gasteiger charge is -2.35. The summed E-state index contributed by atoms with van der Waals surface area (Å²) in [4.78, 5) is 28.5. The first-order valence-electron chi connectivity index (χ1n) is 7.64. The molecule has 1 atom stereocenters. The van der Waals surface area contributed by atoms with Gasteiger partial charge in [-0.25, -0.2) is 13.4 Å². The lowest BCUT2D eigenvalue weighted by Crippen LogP contribution is -2.51. The van der Waals surface area contributed by atoms with Crippen LogP contribution >= 0.6 is 0 Å². The monoisotopic (exact) mass is 375 g/mol. The van der Waals surface area contributed by atoms with Crippen molar-refractivity contribution in [2.24, 2.45) is 0 Å². The van der Waals surface area contributed by atoms with E-state index in [9.17, 15) is 18.0 Å². The minimum atomic E-state index is -3.69. The number of carbonyl (C=O) groups is 2. The van der Waals surface area contributed by atoms with Crippen molar-refractivity contribution in [1.29, 1.82) is 0 Å². The fourth-order valence-corrected chi connectivity index (χ4v) is 3.25. The number of aryl methyl sites for hydroxylation is 1. The summed E-state index contributed by atoms with van der Waals surface area (Å²) >= 11 is 0. The molecule has 1 fully saturated rings. The number of amides is 1. The van der Waals surface area contributed by atoms with Crippen LogP contribution in [0.2, 0.25) is 0 Å². The maximum atomic E-state index is 12.3. The van der Waals surface area contributed by atoms with Gasteiger partial charge in [0.2, 0.25) is 15.9 Å². The van der Waals surface area contributed by atoms with Crippen molar-refractivity contribution in [2.75, 3.05) is 39.0 Å². The summed E-state index contributed by atoms with van der Waals surface area (Å²) in [5.74, 6) is -1.35. The molecule has 1 aliphatic heterocycles. The number of carboxylic acid groups (broad SMARTS) is 1. The zero-order valence-electron chi connectivity index (χ0n) is 13.8. The fraction of sp³-hybridized carbons (Fsp3) is 0.692. The van der Waals surface area contributed by atoms with Crippen LogP contribution in [0.4, 0.5) is 0 Å². The summed E-state index contributed by atoms with van der Waals surface area (Å²) in [5.41, 5.74) is 0.